The summed E-state index contributed by atoms with van der Waals surface area (Å²) in [6.07, 6.45) is 7.53. The number of rotatable bonds is 3. The number of sulfonamides is 1. The molecular formula is C25H38N4O6S. The standard InChI is InChI=1S/C25H38N4O6S/c1-24(2,3)20-22(32)29-14-8-10-18(29)21(31)26-25(23(33)27-36(34,35)17-12-13-17)15-16(25)9-6-5-7-11-19(30)28(20)4/h6,9,16-18,20H,5,7-8,10-15H2,1-4H3,(H,26,31)(H,27,33). The predicted octanol–water partition coefficient (Wildman–Crippen LogP) is 1.07. The van der Waals surface area contributed by atoms with Crippen molar-refractivity contribution < 1.29 is 27.6 Å². The van der Waals surface area contributed by atoms with E-state index in [0.717, 1.165) is 0 Å². The predicted molar refractivity (Wildman–Crippen MR) is 133 cm³/mol. The first-order valence-corrected chi connectivity index (χ1v) is 14.4. The van der Waals surface area contributed by atoms with Crippen molar-refractivity contribution in [3.8, 4) is 0 Å². The molecule has 4 atom stereocenters. The zero-order chi connectivity index (χ0) is 26.5. The number of amides is 4. The molecular weight excluding hydrogens is 484 g/mol. The van der Waals surface area contributed by atoms with Crippen molar-refractivity contribution >= 4 is 33.7 Å². The third-order valence-electron chi connectivity index (χ3n) is 7.77. The fourth-order valence-electron chi connectivity index (χ4n) is 5.50. The van der Waals surface area contributed by atoms with Crippen LogP contribution in [-0.4, -0.2) is 78.3 Å². The average Bonchev–Trinajstić information content (AvgIpc) is 3.68. The van der Waals surface area contributed by atoms with Gasteiger partial charge in [-0.1, -0.05) is 32.9 Å². The molecule has 10 nitrogen and oxygen atoms in total. The third kappa shape index (κ3) is 5.17. The Bertz CT molecular complexity index is 1080. The maximum Gasteiger partial charge on any atom is 0.259 e. The summed E-state index contributed by atoms with van der Waals surface area (Å²) in [4.78, 5) is 56.5. The molecule has 4 amide bonds. The zero-order valence-corrected chi connectivity index (χ0v) is 22.4. The molecule has 200 valence electrons. The van der Waals surface area contributed by atoms with E-state index in [1.807, 2.05) is 32.9 Å². The number of fused-ring (bicyclic) bond motifs is 2. The van der Waals surface area contributed by atoms with Crippen LogP contribution in [0.3, 0.4) is 0 Å². The number of hydrogen-bond donors (Lipinski definition) is 2. The van der Waals surface area contributed by atoms with Gasteiger partial charge in [0.15, 0.2) is 0 Å². The maximum atomic E-state index is 13.8. The van der Waals surface area contributed by atoms with Gasteiger partial charge in [-0.15, -0.1) is 0 Å². The third-order valence-corrected chi connectivity index (χ3v) is 9.59. The lowest BCUT2D eigenvalue weighted by molar-refractivity contribution is -0.151. The molecule has 4 rings (SSSR count). The van der Waals surface area contributed by atoms with Gasteiger partial charge in [0.25, 0.3) is 5.91 Å². The Kier molecular flexibility index (Phi) is 7.00. The molecule has 2 heterocycles. The second-order valence-corrected chi connectivity index (χ2v) is 13.7. The average molecular weight is 523 g/mol. The van der Waals surface area contributed by atoms with Gasteiger partial charge in [0.2, 0.25) is 27.7 Å². The van der Waals surface area contributed by atoms with Crippen LogP contribution in [0, 0.1) is 11.3 Å². The Labute approximate surface area is 213 Å². The van der Waals surface area contributed by atoms with Crippen molar-refractivity contribution in [2.45, 2.75) is 95.0 Å². The molecule has 2 saturated carbocycles. The van der Waals surface area contributed by atoms with Crippen molar-refractivity contribution in [3.63, 3.8) is 0 Å². The van der Waals surface area contributed by atoms with E-state index in [1.165, 1.54) is 9.80 Å². The van der Waals surface area contributed by atoms with Crippen molar-refractivity contribution in [3.05, 3.63) is 12.2 Å². The first-order chi connectivity index (χ1) is 16.8. The lowest BCUT2D eigenvalue weighted by Crippen LogP contribution is -2.60. The highest BCUT2D eigenvalue weighted by atomic mass is 32.2. The smallest absolute Gasteiger partial charge is 0.259 e. The van der Waals surface area contributed by atoms with Crippen LogP contribution in [-0.2, 0) is 29.2 Å². The lowest BCUT2D eigenvalue weighted by Gasteiger charge is -2.40. The topological polar surface area (TPSA) is 133 Å². The Morgan fingerprint density at radius 1 is 1.14 bits per heavy atom. The van der Waals surface area contributed by atoms with Crippen LogP contribution >= 0.6 is 0 Å². The molecule has 0 aromatic carbocycles. The lowest BCUT2D eigenvalue weighted by atomic mass is 9.84. The monoisotopic (exact) mass is 522 g/mol. The molecule has 36 heavy (non-hydrogen) atoms. The molecule has 4 unspecified atom stereocenters. The van der Waals surface area contributed by atoms with Crippen LogP contribution in [0.1, 0.15) is 72.1 Å². The van der Waals surface area contributed by atoms with E-state index in [0.29, 0.717) is 45.1 Å². The van der Waals surface area contributed by atoms with Crippen molar-refractivity contribution in [2.75, 3.05) is 13.6 Å². The van der Waals surface area contributed by atoms with Crippen molar-refractivity contribution in [2.24, 2.45) is 11.3 Å². The summed E-state index contributed by atoms with van der Waals surface area (Å²) in [5, 5.41) is 2.28. The number of nitrogens with zero attached hydrogens (tertiary/aromatic N) is 2. The number of allylic oxidation sites excluding steroid dienone is 1. The molecule has 0 spiro atoms. The maximum absolute atomic E-state index is 13.8. The second kappa shape index (κ2) is 9.46. The Morgan fingerprint density at radius 3 is 2.47 bits per heavy atom. The number of carbonyl (C=O) groups is 4. The minimum absolute atomic E-state index is 0.128. The molecule has 0 aromatic rings. The van der Waals surface area contributed by atoms with Gasteiger partial charge in [-0.3, -0.25) is 23.9 Å². The van der Waals surface area contributed by atoms with Gasteiger partial charge in [0.1, 0.15) is 17.6 Å². The van der Waals surface area contributed by atoms with Gasteiger partial charge in [-0.05, 0) is 50.4 Å². The number of carbonyl (C=O) groups excluding carboxylic acids is 4. The summed E-state index contributed by atoms with van der Waals surface area (Å²) in [6.45, 7) is 6.08. The minimum Gasteiger partial charge on any atom is -0.339 e. The Hall–Kier alpha value is -2.43. The number of nitrogens with one attached hydrogen (secondary N) is 2. The largest absolute Gasteiger partial charge is 0.339 e. The van der Waals surface area contributed by atoms with Crippen molar-refractivity contribution in [1.29, 1.82) is 0 Å². The molecule has 3 fully saturated rings. The van der Waals surface area contributed by atoms with Gasteiger partial charge in [0.05, 0.1) is 5.25 Å². The summed E-state index contributed by atoms with van der Waals surface area (Å²) in [5.74, 6) is -1.96. The summed E-state index contributed by atoms with van der Waals surface area (Å²) in [5.41, 5.74) is -1.91. The molecule has 1 saturated heterocycles. The number of hydrogen-bond acceptors (Lipinski definition) is 6. The molecule has 11 heteroatoms. The van der Waals surface area contributed by atoms with Crippen LogP contribution in [0.4, 0.5) is 0 Å². The van der Waals surface area contributed by atoms with Crippen LogP contribution in [0.2, 0.25) is 0 Å². The van der Waals surface area contributed by atoms with E-state index in [-0.39, 0.29) is 30.6 Å². The van der Waals surface area contributed by atoms with Gasteiger partial charge in [0, 0.05) is 25.9 Å². The quantitative estimate of drug-likeness (QED) is 0.533. The van der Waals surface area contributed by atoms with Gasteiger partial charge in [-0.25, -0.2) is 8.42 Å². The fraction of sp³-hybridized carbons (Fsp3) is 0.760. The fourth-order valence-corrected chi connectivity index (χ4v) is 6.86. The summed E-state index contributed by atoms with van der Waals surface area (Å²) in [6, 6.07) is -1.53. The molecule has 0 aromatic heterocycles. The van der Waals surface area contributed by atoms with E-state index in [2.05, 4.69) is 10.0 Å². The van der Waals surface area contributed by atoms with Crippen LogP contribution in [0.15, 0.2) is 12.2 Å². The Morgan fingerprint density at radius 2 is 1.83 bits per heavy atom. The SMILES string of the molecule is CN1C(=O)CCCC=CC2CC2(C(=O)NS(=O)(=O)C2CC2)NC(=O)C2CCCN2C(=O)C1C(C)(C)C. The van der Waals surface area contributed by atoms with E-state index >= 15 is 0 Å². The van der Waals surface area contributed by atoms with Crippen LogP contribution in [0.5, 0.6) is 0 Å². The van der Waals surface area contributed by atoms with Crippen LogP contribution < -0.4 is 10.0 Å². The first-order valence-electron chi connectivity index (χ1n) is 12.9. The van der Waals surface area contributed by atoms with Crippen LogP contribution in [0.25, 0.3) is 0 Å². The molecule has 4 aliphatic rings. The minimum atomic E-state index is -3.78. The molecule has 2 aliphatic heterocycles. The van der Waals surface area contributed by atoms with E-state index in [1.54, 1.807) is 7.05 Å². The summed E-state index contributed by atoms with van der Waals surface area (Å²) < 4.78 is 27.1. The first kappa shape index (κ1) is 26.6. The van der Waals surface area contributed by atoms with Crippen molar-refractivity contribution in [1.82, 2.24) is 19.8 Å². The van der Waals surface area contributed by atoms with Gasteiger partial charge >= 0.3 is 0 Å². The van der Waals surface area contributed by atoms with Gasteiger partial charge in [-0.2, -0.15) is 0 Å². The van der Waals surface area contributed by atoms with E-state index in [9.17, 15) is 27.6 Å². The molecule has 2 aliphatic carbocycles. The highest BCUT2D eigenvalue weighted by Crippen LogP contribution is 2.46. The van der Waals surface area contributed by atoms with E-state index < -0.39 is 50.1 Å². The highest BCUT2D eigenvalue weighted by Gasteiger charge is 2.62. The highest BCUT2D eigenvalue weighted by molar-refractivity contribution is 7.91. The molecule has 0 radical (unpaired) electrons. The molecule has 0 bridgehead atoms. The van der Waals surface area contributed by atoms with E-state index in [4.69, 9.17) is 0 Å². The molecule has 2 N–H and O–H groups in total. The summed E-state index contributed by atoms with van der Waals surface area (Å²) in [7, 11) is -2.13. The second-order valence-electron chi connectivity index (χ2n) is 11.7. The normalized spacial score (nSPS) is 32.2. The van der Waals surface area contributed by atoms with Gasteiger partial charge < -0.3 is 15.1 Å². The number of likely N-dealkylation sites (N-methyl/N-ethyl adjacent to an activating group) is 1. The summed E-state index contributed by atoms with van der Waals surface area (Å²) >= 11 is 0. The Balaban J connectivity index is 1.64. The zero-order valence-electron chi connectivity index (χ0n) is 21.6.